The molecule has 3 aromatic rings. The molecule has 33 heavy (non-hydrogen) atoms. The standard InChI is InChI=1S/C26H32N4O3/c1-17(2)15-23(30-16-19-9-5-6-10-20(19)26(30)32)25(31)27-18(3)24-28-21-11-7-8-12-22(21)29(24)13-14-33-4/h5-12,17-18,23H,13-16H2,1-4H3,(H,27,31)/t18-,23+/m0/s1. The Bertz CT molecular complexity index is 1150. The van der Waals surface area contributed by atoms with E-state index in [-0.39, 0.29) is 23.8 Å². The number of ether oxygens (including phenoxy) is 1. The first-order valence-electron chi connectivity index (χ1n) is 11.5. The molecule has 2 amide bonds. The summed E-state index contributed by atoms with van der Waals surface area (Å²) in [5.41, 5.74) is 3.55. The van der Waals surface area contributed by atoms with Crippen molar-refractivity contribution in [3.63, 3.8) is 0 Å². The zero-order valence-electron chi connectivity index (χ0n) is 19.7. The molecule has 174 valence electrons. The first-order valence-corrected chi connectivity index (χ1v) is 11.5. The molecule has 0 saturated carbocycles. The minimum Gasteiger partial charge on any atom is -0.383 e. The molecule has 0 fully saturated rings. The summed E-state index contributed by atoms with van der Waals surface area (Å²) >= 11 is 0. The third kappa shape index (κ3) is 4.64. The summed E-state index contributed by atoms with van der Waals surface area (Å²) in [4.78, 5) is 33.1. The van der Waals surface area contributed by atoms with Gasteiger partial charge in [0.2, 0.25) is 5.91 Å². The van der Waals surface area contributed by atoms with E-state index < -0.39 is 6.04 Å². The Hall–Kier alpha value is -3.19. The number of aromatic nitrogens is 2. The minimum atomic E-state index is -0.538. The van der Waals surface area contributed by atoms with Gasteiger partial charge in [-0.2, -0.15) is 0 Å². The fourth-order valence-corrected chi connectivity index (χ4v) is 4.57. The summed E-state index contributed by atoms with van der Waals surface area (Å²) in [6.07, 6.45) is 0.596. The molecule has 2 heterocycles. The molecule has 2 aromatic carbocycles. The zero-order chi connectivity index (χ0) is 23.5. The van der Waals surface area contributed by atoms with Crippen molar-refractivity contribution in [1.29, 1.82) is 0 Å². The van der Waals surface area contributed by atoms with Crippen molar-refractivity contribution in [3.8, 4) is 0 Å². The molecular formula is C26H32N4O3. The van der Waals surface area contributed by atoms with Crippen molar-refractivity contribution < 1.29 is 14.3 Å². The largest absolute Gasteiger partial charge is 0.383 e. The lowest BCUT2D eigenvalue weighted by molar-refractivity contribution is -0.127. The Morgan fingerprint density at radius 3 is 2.58 bits per heavy atom. The Kier molecular flexibility index (Phi) is 6.79. The summed E-state index contributed by atoms with van der Waals surface area (Å²) in [5.74, 6) is 0.814. The van der Waals surface area contributed by atoms with Crippen LogP contribution in [0.3, 0.4) is 0 Å². The molecule has 4 rings (SSSR count). The van der Waals surface area contributed by atoms with Gasteiger partial charge in [-0.25, -0.2) is 4.98 Å². The number of methoxy groups -OCH3 is 1. The lowest BCUT2D eigenvalue weighted by atomic mass is 10.0. The van der Waals surface area contributed by atoms with E-state index in [2.05, 4.69) is 23.7 Å². The Labute approximate surface area is 194 Å². The topological polar surface area (TPSA) is 76.5 Å². The van der Waals surface area contributed by atoms with Crippen molar-refractivity contribution >= 4 is 22.8 Å². The van der Waals surface area contributed by atoms with E-state index in [4.69, 9.17) is 9.72 Å². The van der Waals surface area contributed by atoms with Crippen molar-refractivity contribution in [2.24, 2.45) is 5.92 Å². The maximum Gasteiger partial charge on any atom is 0.255 e. The van der Waals surface area contributed by atoms with Crippen LogP contribution in [0.4, 0.5) is 0 Å². The average Bonchev–Trinajstić information content (AvgIpc) is 3.34. The highest BCUT2D eigenvalue weighted by molar-refractivity contribution is 6.01. The van der Waals surface area contributed by atoms with E-state index >= 15 is 0 Å². The highest BCUT2D eigenvalue weighted by Gasteiger charge is 2.37. The molecule has 2 atom stereocenters. The molecule has 0 spiro atoms. The number of hydrogen-bond acceptors (Lipinski definition) is 4. The van der Waals surface area contributed by atoms with Crippen molar-refractivity contribution in [1.82, 2.24) is 19.8 Å². The lowest BCUT2D eigenvalue weighted by Gasteiger charge is -2.29. The van der Waals surface area contributed by atoms with Crippen LogP contribution in [0.15, 0.2) is 48.5 Å². The molecule has 7 heteroatoms. The van der Waals surface area contributed by atoms with E-state index in [0.29, 0.717) is 31.7 Å². The Balaban J connectivity index is 1.58. The maximum atomic E-state index is 13.5. The molecule has 0 radical (unpaired) electrons. The fourth-order valence-electron chi connectivity index (χ4n) is 4.57. The van der Waals surface area contributed by atoms with Crippen LogP contribution in [0.2, 0.25) is 0 Å². The summed E-state index contributed by atoms with van der Waals surface area (Å²) in [7, 11) is 1.67. The molecule has 0 bridgehead atoms. The Morgan fingerprint density at radius 1 is 1.12 bits per heavy atom. The second kappa shape index (κ2) is 9.75. The highest BCUT2D eigenvalue weighted by atomic mass is 16.5. The van der Waals surface area contributed by atoms with Gasteiger partial charge < -0.3 is 19.5 Å². The van der Waals surface area contributed by atoms with E-state index in [1.165, 1.54) is 0 Å². The SMILES string of the molecule is COCCn1c([C@H](C)NC(=O)[C@@H](CC(C)C)N2Cc3ccccc3C2=O)nc2ccccc21. The summed E-state index contributed by atoms with van der Waals surface area (Å²) < 4.78 is 7.39. The number of nitrogens with one attached hydrogen (secondary N) is 1. The number of nitrogens with zero attached hydrogens (tertiary/aromatic N) is 3. The quantitative estimate of drug-likeness (QED) is 0.538. The second-order valence-corrected chi connectivity index (χ2v) is 9.07. The van der Waals surface area contributed by atoms with Crippen molar-refractivity contribution in [2.75, 3.05) is 13.7 Å². The molecule has 1 aliphatic heterocycles. The predicted molar refractivity (Wildman–Crippen MR) is 128 cm³/mol. The van der Waals surface area contributed by atoms with Gasteiger partial charge in [0.25, 0.3) is 5.91 Å². The highest BCUT2D eigenvalue weighted by Crippen LogP contribution is 2.28. The van der Waals surface area contributed by atoms with E-state index in [1.807, 2.05) is 55.5 Å². The molecule has 0 unspecified atom stereocenters. The maximum absolute atomic E-state index is 13.5. The third-order valence-corrected chi connectivity index (χ3v) is 6.17. The average molecular weight is 449 g/mol. The number of amides is 2. The zero-order valence-corrected chi connectivity index (χ0v) is 19.7. The van der Waals surface area contributed by atoms with Gasteiger partial charge >= 0.3 is 0 Å². The monoisotopic (exact) mass is 448 g/mol. The van der Waals surface area contributed by atoms with Crippen LogP contribution in [-0.4, -0.2) is 46.0 Å². The van der Waals surface area contributed by atoms with Gasteiger partial charge in [0.1, 0.15) is 11.9 Å². The third-order valence-electron chi connectivity index (χ3n) is 6.17. The number of hydrogen-bond donors (Lipinski definition) is 1. The molecule has 7 nitrogen and oxygen atoms in total. The number of fused-ring (bicyclic) bond motifs is 2. The van der Waals surface area contributed by atoms with Gasteiger partial charge in [-0.05, 0) is 43.0 Å². The molecule has 1 aliphatic rings. The van der Waals surface area contributed by atoms with Crippen LogP contribution < -0.4 is 5.32 Å². The van der Waals surface area contributed by atoms with Gasteiger partial charge in [-0.1, -0.05) is 44.2 Å². The first-order chi connectivity index (χ1) is 15.9. The van der Waals surface area contributed by atoms with Gasteiger partial charge in [0, 0.05) is 25.8 Å². The number of imidazole rings is 1. The van der Waals surface area contributed by atoms with Crippen LogP contribution in [0.25, 0.3) is 11.0 Å². The van der Waals surface area contributed by atoms with Crippen LogP contribution in [0, 0.1) is 5.92 Å². The van der Waals surface area contributed by atoms with Crippen LogP contribution in [-0.2, 0) is 22.6 Å². The number of benzene rings is 2. The van der Waals surface area contributed by atoms with E-state index in [1.54, 1.807) is 12.0 Å². The fraction of sp³-hybridized carbons (Fsp3) is 0.423. The van der Waals surface area contributed by atoms with E-state index in [9.17, 15) is 9.59 Å². The molecule has 0 aliphatic carbocycles. The first kappa shape index (κ1) is 23.0. The number of carbonyl (C=O) groups excluding carboxylic acids is 2. The molecule has 1 aromatic heterocycles. The van der Waals surface area contributed by atoms with Gasteiger partial charge in [-0.15, -0.1) is 0 Å². The summed E-state index contributed by atoms with van der Waals surface area (Å²) in [6, 6.07) is 14.7. The van der Waals surface area contributed by atoms with Crippen LogP contribution >= 0.6 is 0 Å². The number of para-hydroxylation sites is 2. The molecular weight excluding hydrogens is 416 g/mol. The van der Waals surface area contributed by atoms with E-state index in [0.717, 1.165) is 22.4 Å². The summed E-state index contributed by atoms with van der Waals surface area (Å²) in [6.45, 7) is 7.73. The van der Waals surface area contributed by atoms with Crippen LogP contribution in [0.5, 0.6) is 0 Å². The molecule has 0 saturated heterocycles. The smallest absolute Gasteiger partial charge is 0.255 e. The van der Waals surface area contributed by atoms with Gasteiger partial charge in [-0.3, -0.25) is 9.59 Å². The minimum absolute atomic E-state index is 0.0774. The second-order valence-electron chi connectivity index (χ2n) is 9.07. The number of carbonyl (C=O) groups is 2. The normalized spacial score (nSPS) is 15.2. The number of rotatable bonds is 9. The predicted octanol–water partition coefficient (Wildman–Crippen LogP) is 3.93. The summed E-state index contributed by atoms with van der Waals surface area (Å²) in [5, 5.41) is 3.15. The van der Waals surface area contributed by atoms with Gasteiger partial charge in [0.15, 0.2) is 0 Å². The molecule has 1 N–H and O–H groups in total. The van der Waals surface area contributed by atoms with Crippen molar-refractivity contribution in [2.45, 2.75) is 52.4 Å². The van der Waals surface area contributed by atoms with Crippen molar-refractivity contribution in [3.05, 3.63) is 65.5 Å². The Morgan fingerprint density at radius 2 is 1.85 bits per heavy atom. The van der Waals surface area contributed by atoms with Crippen LogP contribution in [0.1, 0.15) is 55.0 Å². The lowest BCUT2D eigenvalue weighted by Crippen LogP contribution is -2.48. The van der Waals surface area contributed by atoms with Gasteiger partial charge in [0.05, 0.1) is 23.7 Å².